The van der Waals surface area contributed by atoms with Gasteiger partial charge < -0.3 is 10.6 Å². The molecule has 1 atom stereocenters. The van der Waals surface area contributed by atoms with E-state index in [4.69, 9.17) is 0 Å². The van der Waals surface area contributed by atoms with Crippen molar-refractivity contribution < 1.29 is 4.79 Å². The van der Waals surface area contributed by atoms with Crippen molar-refractivity contribution in [2.75, 3.05) is 31.5 Å². The van der Waals surface area contributed by atoms with Gasteiger partial charge in [0.2, 0.25) is 5.91 Å². The largest absolute Gasteiger partial charge is 0.325 e. The van der Waals surface area contributed by atoms with Crippen molar-refractivity contribution in [2.45, 2.75) is 25.8 Å². The maximum absolute atomic E-state index is 12.5. The molecule has 1 aliphatic heterocycles. The Labute approximate surface area is 161 Å². The predicted octanol–water partition coefficient (Wildman–Crippen LogP) is 3.21. The second kappa shape index (κ2) is 9.67. The van der Waals surface area contributed by atoms with Crippen molar-refractivity contribution in [1.82, 2.24) is 15.2 Å². The Bertz CT molecular complexity index is 708. The third kappa shape index (κ3) is 5.27. The van der Waals surface area contributed by atoms with Crippen LogP contribution in [0.4, 0.5) is 5.69 Å². The van der Waals surface area contributed by atoms with E-state index < -0.39 is 0 Å². The van der Waals surface area contributed by atoms with Crippen molar-refractivity contribution in [2.24, 2.45) is 0 Å². The first kappa shape index (κ1) is 20.4. The fourth-order valence-corrected chi connectivity index (χ4v) is 3.20. The molecule has 3 rings (SSSR count). The molecule has 1 saturated heterocycles. The normalized spacial score (nSPS) is 17.6. The molecule has 0 bridgehead atoms. The van der Waals surface area contributed by atoms with Gasteiger partial charge in [-0.25, -0.2) is 0 Å². The summed E-state index contributed by atoms with van der Waals surface area (Å²) >= 11 is 0. The summed E-state index contributed by atoms with van der Waals surface area (Å²) in [6.45, 7) is 7.27. The minimum absolute atomic E-state index is 0. The SMILES string of the molecule is CC(C)c1cccc(NC(=O)CN2CCNCC2c2cccnc2)c1.Cl. The number of amides is 1. The van der Waals surface area contributed by atoms with Crippen molar-refractivity contribution in [3.8, 4) is 0 Å². The monoisotopic (exact) mass is 374 g/mol. The number of piperazine rings is 1. The molecule has 1 aromatic carbocycles. The molecule has 26 heavy (non-hydrogen) atoms. The van der Waals surface area contributed by atoms with Crippen LogP contribution < -0.4 is 10.6 Å². The molecule has 1 aliphatic rings. The third-order valence-corrected chi connectivity index (χ3v) is 4.61. The summed E-state index contributed by atoms with van der Waals surface area (Å²) < 4.78 is 0. The van der Waals surface area contributed by atoms with Crippen LogP contribution in [0.2, 0.25) is 0 Å². The van der Waals surface area contributed by atoms with E-state index in [9.17, 15) is 4.79 Å². The standard InChI is InChI=1S/C20H26N4O.ClH/c1-15(2)16-5-3-7-18(11-16)23-20(25)14-24-10-9-22-13-19(24)17-6-4-8-21-12-17;/h3-8,11-12,15,19,22H,9-10,13-14H2,1-2H3,(H,23,25);1H. The molecule has 1 fully saturated rings. The van der Waals surface area contributed by atoms with Crippen LogP contribution in [0.1, 0.15) is 36.9 Å². The molecule has 5 nitrogen and oxygen atoms in total. The van der Waals surface area contributed by atoms with Gasteiger partial charge in [-0.3, -0.25) is 14.7 Å². The van der Waals surface area contributed by atoms with E-state index in [1.807, 2.05) is 24.4 Å². The van der Waals surface area contributed by atoms with Gasteiger partial charge in [-0.15, -0.1) is 12.4 Å². The first-order valence-electron chi connectivity index (χ1n) is 8.88. The zero-order valence-corrected chi connectivity index (χ0v) is 16.1. The fraction of sp³-hybridized carbons (Fsp3) is 0.400. The van der Waals surface area contributed by atoms with Crippen LogP contribution in [-0.2, 0) is 4.79 Å². The zero-order chi connectivity index (χ0) is 17.6. The van der Waals surface area contributed by atoms with Gasteiger partial charge in [0.05, 0.1) is 6.54 Å². The van der Waals surface area contributed by atoms with E-state index in [0.717, 1.165) is 30.9 Å². The second-order valence-corrected chi connectivity index (χ2v) is 6.81. The Hall–Kier alpha value is -1.95. The predicted molar refractivity (Wildman–Crippen MR) is 108 cm³/mol. The number of carbonyl (C=O) groups is 1. The molecule has 0 spiro atoms. The Morgan fingerprint density at radius 1 is 1.35 bits per heavy atom. The quantitative estimate of drug-likeness (QED) is 0.843. The highest BCUT2D eigenvalue weighted by Crippen LogP contribution is 2.22. The van der Waals surface area contributed by atoms with Gasteiger partial charge in [0.25, 0.3) is 0 Å². The number of anilines is 1. The highest BCUT2D eigenvalue weighted by Gasteiger charge is 2.25. The Balaban J connectivity index is 0.00000243. The molecular formula is C20H27ClN4O. The highest BCUT2D eigenvalue weighted by molar-refractivity contribution is 5.92. The average molecular weight is 375 g/mol. The minimum atomic E-state index is 0. The topological polar surface area (TPSA) is 57.3 Å². The van der Waals surface area contributed by atoms with Crippen molar-refractivity contribution >= 4 is 24.0 Å². The molecular weight excluding hydrogens is 348 g/mol. The molecule has 6 heteroatoms. The van der Waals surface area contributed by atoms with Gasteiger partial charge in [-0.05, 0) is 35.2 Å². The summed E-state index contributed by atoms with van der Waals surface area (Å²) in [7, 11) is 0. The zero-order valence-electron chi connectivity index (χ0n) is 15.3. The molecule has 1 unspecified atom stereocenters. The van der Waals surface area contributed by atoms with E-state index in [1.54, 1.807) is 6.20 Å². The molecule has 2 N–H and O–H groups in total. The summed E-state index contributed by atoms with van der Waals surface area (Å²) in [4.78, 5) is 19.0. The van der Waals surface area contributed by atoms with E-state index >= 15 is 0 Å². The Morgan fingerprint density at radius 2 is 2.19 bits per heavy atom. The van der Waals surface area contributed by atoms with Gasteiger partial charge in [-0.2, -0.15) is 0 Å². The van der Waals surface area contributed by atoms with Gasteiger partial charge in [0.1, 0.15) is 0 Å². The van der Waals surface area contributed by atoms with Crippen LogP contribution in [-0.4, -0.2) is 42.0 Å². The minimum Gasteiger partial charge on any atom is -0.325 e. The Kier molecular flexibility index (Phi) is 7.57. The number of halogens is 1. The first-order chi connectivity index (χ1) is 12.1. The van der Waals surface area contributed by atoms with Crippen LogP contribution in [0, 0.1) is 0 Å². The maximum atomic E-state index is 12.5. The lowest BCUT2D eigenvalue weighted by atomic mass is 10.0. The van der Waals surface area contributed by atoms with Crippen molar-refractivity contribution in [3.63, 3.8) is 0 Å². The van der Waals surface area contributed by atoms with E-state index in [1.165, 1.54) is 5.56 Å². The number of benzene rings is 1. The summed E-state index contributed by atoms with van der Waals surface area (Å²) in [6.07, 6.45) is 3.66. The van der Waals surface area contributed by atoms with Gasteiger partial charge in [0.15, 0.2) is 0 Å². The highest BCUT2D eigenvalue weighted by atomic mass is 35.5. The van der Waals surface area contributed by atoms with Gasteiger partial charge >= 0.3 is 0 Å². The number of nitrogens with one attached hydrogen (secondary N) is 2. The van der Waals surface area contributed by atoms with Crippen LogP contribution in [0.3, 0.4) is 0 Å². The third-order valence-electron chi connectivity index (χ3n) is 4.61. The summed E-state index contributed by atoms with van der Waals surface area (Å²) in [6, 6.07) is 12.3. The Morgan fingerprint density at radius 3 is 2.92 bits per heavy atom. The summed E-state index contributed by atoms with van der Waals surface area (Å²) in [5.74, 6) is 0.469. The second-order valence-electron chi connectivity index (χ2n) is 6.81. The molecule has 1 amide bonds. The van der Waals surface area contributed by atoms with E-state index in [2.05, 4.69) is 52.6 Å². The maximum Gasteiger partial charge on any atom is 0.238 e. The van der Waals surface area contributed by atoms with E-state index in [0.29, 0.717) is 12.5 Å². The number of hydrogen-bond acceptors (Lipinski definition) is 4. The summed E-state index contributed by atoms with van der Waals surface area (Å²) in [5, 5.41) is 6.44. The van der Waals surface area contributed by atoms with E-state index in [-0.39, 0.29) is 24.4 Å². The van der Waals surface area contributed by atoms with Crippen LogP contribution in [0.25, 0.3) is 0 Å². The smallest absolute Gasteiger partial charge is 0.238 e. The average Bonchev–Trinajstić information content (AvgIpc) is 2.63. The lowest BCUT2D eigenvalue weighted by Gasteiger charge is -2.35. The first-order valence-corrected chi connectivity index (χ1v) is 8.88. The van der Waals surface area contributed by atoms with Crippen molar-refractivity contribution in [1.29, 1.82) is 0 Å². The number of hydrogen-bond donors (Lipinski definition) is 2. The number of aromatic nitrogens is 1. The van der Waals surface area contributed by atoms with Crippen LogP contribution >= 0.6 is 12.4 Å². The number of pyridine rings is 1. The molecule has 0 aliphatic carbocycles. The lowest BCUT2D eigenvalue weighted by molar-refractivity contribution is -0.118. The number of rotatable bonds is 5. The molecule has 0 saturated carbocycles. The van der Waals surface area contributed by atoms with Gasteiger partial charge in [-0.1, -0.05) is 32.0 Å². The number of nitrogens with zero attached hydrogens (tertiary/aromatic N) is 2. The molecule has 0 radical (unpaired) electrons. The van der Waals surface area contributed by atoms with Gasteiger partial charge in [0, 0.05) is 43.8 Å². The summed E-state index contributed by atoms with van der Waals surface area (Å²) in [5.41, 5.74) is 3.24. The van der Waals surface area contributed by atoms with Crippen molar-refractivity contribution in [3.05, 3.63) is 59.9 Å². The number of carbonyl (C=O) groups excluding carboxylic acids is 1. The molecule has 140 valence electrons. The van der Waals surface area contributed by atoms with Crippen LogP contribution in [0.15, 0.2) is 48.8 Å². The lowest BCUT2D eigenvalue weighted by Crippen LogP contribution is -2.48. The molecule has 1 aromatic heterocycles. The molecule has 2 aromatic rings. The molecule has 2 heterocycles. The van der Waals surface area contributed by atoms with Crippen LogP contribution in [0.5, 0.6) is 0 Å². The fourth-order valence-electron chi connectivity index (χ4n) is 3.20.